The van der Waals surface area contributed by atoms with Crippen molar-refractivity contribution in [3.05, 3.63) is 12.5 Å². The molecule has 1 aliphatic heterocycles. The Morgan fingerprint density at radius 2 is 2.00 bits per heavy atom. The van der Waals surface area contributed by atoms with Crippen LogP contribution in [-0.2, 0) is 4.79 Å². The summed E-state index contributed by atoms with van der Waals surface area (Å²) in [5.74, 6) is 0.579. The van der Waals surface area contributed by atoms with Gasteiger partial charge in [-0.15, -0.1) is 0 Å². The predicted octanol–water partition coefficient (Wildman–Crippen LogP) is 1.32. The largest absolute Gasteiger partial charge is 0.495 e. The molecular weight excluding hydrogens is 154 g/mol. The summed E-state index contributed by atoms with van der Waals surface area (Å²) < 4.78 is 0. The number of ketones is 1. The molecule has 0 bridgehead atoms. The normalized spacial score (nSPS) is 19.2. The first-order valence-electron chi connectivity index (χ1n) is 4.24. The zero-order chi connectivity index (χ0) is 9.14. The highest BCUT2D eigenvalue weighted by Gasteiger charge is 2.22. The Morgan fingerprint density at radius 3 is 2.33 bits per heavy atom. The quantitative estimate of drug-likeness (QED) is 0.634. The van der Waals surface area contributed by atoms with Gasteiger partial charge in [0.25, 0.3) is 0 Å². The summed E-state index contributed by atoms with van der Waals surface area (Å²) in [6, 6.07) is 0. The highest BCUT2D eigenvalue weighted by atomic mass is 16.3. The van der Waals surface area contributed by atoms with Gasteiger partial charge < -0.3 is 10.0 Å². The molecule has 1 rings (SSSR count). The van der Waals surface area contributed by atoms with Gasteiger partial charge in [0.1, 0.15) is 5.78 Å². The van der Waals surface area contributed by atoms with Crippen LogP contribution in [0.2, 0.25) is 0 Å². The summed E-state index contributed by atoms with van der Waals surface area (Å²) in [5, 5.41) is 9.05. The summed E-state index contributed by atoms with van der Waals surface area (Å²) in [6.45, 7) is 6.58. The fourth-order valence-corrected chi connectivity index (χ4v) is 1.54. The molecule has 1 N–H and O–H groups in total. The molecule has 1 fully saturated rings. The second-order valence-corrected chi connectivity index (χ2v) is 3.29. The van der Waals surface area contributed by atoms with E-state index in [2.05, 4.69) is 6.58 Å². The van der Waals surface area contributed by atoms with Crippen LogP contribution in [0.25, 0.3) is 0 Å². The number of hydrogen-bond acceptors (Lipinski definition) is 3. The number of aliphatic hydroxyl groups excluding tert-OH is 1. The Hall–Kier alpha value is -0.990. The highest BCUT2D eigenvalue weighted by Crippen LogP contribution is 2.19. The van der Waals surface area contributed by atoms with Gasteiger partial charge in [0, 0.05) is 19.0 Å². The lowest BCUT2D eigenvalue weighted by molar-refractivity contribution is -0.122. The monoisotopic (exact) mass is 169 g/mol. The summed E-state index contributed by atoms with van der Waals surface area (Å²) in [6.07, 6.45) is 1.68. The van der Waals surface area contributed by atoms with E-state index < -0.39 is 0 Å². The van der Waals surface area contributed by atoms with E-state index in [4.69, 9.17) is 5.11 Å². The second kappa shape index (κ2) is 3.61. The average molecular weight is 169 g/mol. The molecule has 3 nitrogen and oxygen atoms in total. The summed E-state index contributed by atoms with van der Waals surface area (Å²) in [5.41, 5.74) is 0. The van der Waals surface area contributed by atoms with E-state index in [1.807, 2.05) is 0 Å². The Bertz CT molecular complexity index is 171. The predicted molar refractivity (Wildman–Crippen MR) is 46.7 cm³/mol. The molecule has 1 aliphatic rings. The zero-order valence-electron chi connectivity index (χ0n) is 7.42. The van der Waals surface area contributed by atoms with E-state index in [0.717, 1.165) is 25.9 Å². The van der Waals surface area contributed by atoms with Crippen molar-refractivity contribution in [2.24, 2.45) is 5.92 Å². The molecule has 0 amide bonds. The lowest BCUT2D eigenvalue weighted by Crippen LogP contribution is -2.34. The third-order valence-electron chi connectivity index (χ3n) is 2.43. The molecule has 12 heavy (non-hydrogen) atoms. The maximum atomic E-state index is 11.0. The van der Waals surface area contributed by atoms with Gasteiger partial charge in [-0.05, 0) is 26.3 Å². The fraction of sp³-hybridized carbons (Fsp3) is 0.667. The van der Waals surface area contributed by atoms with E-state index in [1.54, 1.807) is 11.8 Å². The highest BCUT2D eigenvalue weighted by molar-refractivity contribution is 5.78. The fourth-order valence-electron chi connectivity index (χ4n) is 1.54. The molecule has 0 radical (unpaired) electrons. The van der Waals surface area contributed by atoms with Gasteiger partial charge in [0.2, 0.25) is 0 Å². The number of Topliss-reactive ketones (excluding diaryl/α,β-unsaturated/α-hetero) is 1. The third-order valence-corrected chi connectivity index (χ3v) is 2.43. The van der Waals surface area contributed by atoms with Gasteiger partial charge in [-0.2, -0.15) is 0 Å². The molecule has 0 aromatic heterocycles. The smallest absolute Gasteiger partial charge is 0.179 e. The van der Waals surface area contributed by atoms with Crippen LogP contribution in [0, 0.1) is 5.92 Å². The average Bonchev–Trinajstić information content (AvgIpc) is 2.04. The number of nitrogens with zero attached hydrogens (tertiary/aromatic N) is 1. The number of carbonyl (C=O) groups excluding carboxylic acids is 1. The molecule has 1 saturated heterocycles. The number of hydrogen-bond donors (Lipinski definition) is 1. The molecule has 0 spiro atoms. The van der Waals surface area contributed by atoms with Crippen molar-refractivity contribution in [2.75, 3.05) is 13.1 Å². The first-order chi connectivity index (χ1) is 5.61. The van der Waals surface area contributed by atoms with Crippen LogP contribution < -0.4 is 0 Å². The van der Waals surface area contributed by atoms with E-state index in [1.165, 1.54) is 0 Å². The van der Waals surface area contributed by atoms with Crippen molar-refractivity contribution < 1.29 is 9.90 Å². The van der Waals surface area contributed by atoms with Crippen molar-refractivity contribution in [1.29, 1.82) is 0 Å². The van der Waals surface area contributed by atoms with Crippen molar-refractivity contribution in [3.63, 3.8) is 0 Å². The Kier molecular flexibility index (Phi) is 2.74. The first-order valence-corrected chi connectivity index (χ1v) is 4.24. The summed E-state index contributed by atoms with van der Waals surface area (Å²) in [4.78, 5) is 12.8. The van der Waals surface area contributed by atoms with Crippen molar-refractivity contribution >= 4 is 5.78 Å². The van der Waals surface area contributed by atoms with Crippen LogP contribution in [-0.4, -0.2) is 28.9 Å². The molecule has 0 aromatic carbocycles. The number of likely N-dealkylation sites (tertiary alicyclic amines) is 1. The first kappa shape index (κ1) is 9.10. The molecule has 0 saturated carbocycles. The molecule has 0 atom stereocenters. The van der Waals surface area contributed by atoms with Crippen molar-refractivity contribution in [3.8, 4) is 0 Å². The van der Waals surface area contributed by atoms with Crippen molar-refractivity contribution in [1.82, 2.24) is 4.90 Å². The standard InChI is InChI=1S/C9H15NO2/c1-7(11)9-3-5-10(6-4-9)8(2)12/h9,12H,2-6H2,1H3. The second-order valence-electron chi connectivity index (χ2n) is 3.29. The summed E-state index contributed by atoms with van der Waals surface area (Å²) >= 11 is 0. The van der Waals surface area contributed by atoms with Crippen LogP contribution in [0.1, 0.15) is 19.8 Å². The Labute approximate surface area is 72.7 Å². The van der Waals surface area contributed by atoms with Gasteiger partial charge in [-0.3, -0.25) is 4.79 Å². The molecule has 0 unspecified atom stereocenters. The SMILES string of the molecule is C=C(O)N1CCC(C(C)=O)CC1. The van der Waals surface area contributed by atoms with E-state index in [0.29, 0.717) is 0 Å². The lowest BCUT2D eigenvalue weighted by Gasteiger charge is -2.30. The van der Waals surface area contributed by atoms with E-state index >= 15 is 0 Å². The van der Waals surface area contributed by atoms with Gasteiger partial charge >= 0.3 is 0 Å². The van der Waals surface area contributed by atoms with Crippen LogP contribution in [0.15, 0.2) is 12.5 Å². The van der Waals surface area contributed by atoms with Gasteiger partial charge in [0.05, 0.1) is 0 Å². The zero-order valence-corrected chi connectivity index (χ0v) is 7.42. The molecule has 0 aromatic rings. The molecule has 3 heteroatoms. The maximum absolute atomic E-state index is 11.0. The number of piperidine rings is 1. The van der Waals surface area contributed by atoms with Crippen LogP contribution >= 0.6 is 0 Å². The Morgan fingerprint density at radius 1 is 1.50 bits per heavy atom. The van der Waals surface area contributed by atoms with Crippen LogP contribution in [0.3, 0.4) is 0 Å². The van der Waals surface area contributed by atoms with E-state index in [-0.39, 0.29) is 17.6 Å². The van der Waals surface area contributed by atoms with Crippen LogP contribution in [0.5, 0.6) is 0 Å². The number of rotatable bonds is 2. The minimum Gasteiger partial charge on any atom is -0.495 e. The van der Waals surface area contributed by atoms with Crippen molar-refractivity contribution in [2.45, 2.75) is 19.8 Å². The van der Waals surface area contributed by atoms with Gasteiger partial charge in [-0.1, -0.05) is 0 Å². The van der Waals surface area contributed by atoms with Crippen LogP contribution in [0.4, 0.5) is 0 Å². The minimum atomic E-state index is 0.122. The summed E-state index contributed by atoms with van der Waals surface area (Å²) in [7, 11) is 0. The molecule has 68 valence electrons. The van der Waals surface area contributed by atoms with Gasteiger partial charge in [-0.25, -0.2) is 0 Å². The minimum absolute atomic E-state index is 0.122. The maximum Gasteiger partial charge on any atom is 0.179 e. The number of carbonyl (C=O) groups is 1. The van der Waals surface area contributed by atoms with E-state index in [9.17, 15) is 4.79 Å². The topological polar surface area (TPSA) is 40.5 Å². The molecular formula is C9H15NO2. The number of aliphatic hydroxyl groups is 1. The Balaban J connectivity index is 2.39. The van der Waals surface area contributed by atoms with Gasteiger partial charge in [0.15, 0.2) is 5.88 Å². The lowest BCUT2D eigenvalue weighted by atomic mass is 9.93. The molecule has 1 heterocycles. The third kappa shape index (κ3) is 2.00. The molecule has 0 aliphatic carbocycles.